The van der Waals surface area contributed by atoms with E-state index in [0.29, 0.717) is 23.6 Å². The zero-order chi connectivity index (χ0) is 25.5. The lowest BCUT2D eigenvalue weighted by molar-refractivity contribution is -0.138. The van der Waals surface area contributed by atoms with Crippen LogP contribution in [-0.4, -0.2) is 53.4 Å². The molecule has 2 aromatic rings. The summed E-state index contributed by atoms with van der Waals surface area (Å²) >= 11 is 1.36. The Balaban J connectivity index is 2.26. The van der Waals surface area contributed by atoms with Gasteiger partial charge in [-0.2, -0.15) is 0 Å². The predicted octanol–water partition coefficient (Wildman–Crippen LogP) is 4.39. The van der Waals surface area contributed by atoms with Gasteiger partial charge in [-0.15, -0.1) is 11.8 Å². The van der Waals surface area contributed by atoms with E-state index < -0.39 is 10.7 Å². The number of phenolic OH excluding ortho intramolecular Hbond substituents is 1. The summed E-state index contributed by atoms with van der Waals surface area (Å²) in [6, 6.07) is 4.69. The maximum Gasteiger partial charge on any atom is 0.319 e. The number of hydrogen-bond acceptors (Lipinski definition) is 6. The van der Waals surface area contributed by atoms with E-state index in [4.69, 9.17) is 0 Å². The van der Waals surface area contributed by atoms with Crippen molar-refractivity contribution in [2.45, 2.75) is 57.6 Å². The number of benzene rings is 1. The van der Waals surface area contributed by atoms with Crippen LogP contribution in [0.2, 0.25) is 0 Å². The highest BCUT2D eigenvalue weighted by Crippen LogP contribution is 2.32. The number of carboxylic acids is 1. The number of hydrogen-bond donors (Lipinski definition) is 4. The molecule has 0 spiro atoms. The number of anilines is 1. The SMILES string of the molecule is C/C=C\C(C/C=C/c1nc(C(=O)Nc2ccc(O)cc2C)c(C)n1CCO)SC(C)(C)C(=O)O. The molecule has 34 heavy (non-hydrogen) atoms. The highest BCUT2D eigenvalue weighted by atomic mass is 32.2. The number of rotatable bonds is 11. The van der Waals surface area contributed by atoms with Gasteiger partial charge in [0.2, 0.25) is 0 Å². The minimum Gasteiger partial charge on any atom is -0.508 e. The van der Waals surface area contributed by atoms with Gasteiger partial charge < -0.3 is 25.2 Å². The molecule has 1 aromatic heterocycles. The number of nitrogens with zero attached hydrogens (tertiary/aromatic N) is 2. The van der Waals surface area contributed by atoms with Crippen LogP contribution in [0.1, 0.15) is 54.8 Å². The van der Waals surface area contributed by atoms with E-state index in [1.54, 1.807) is 50.5 Å². The van der Waals surface area contributed by atoms with Crippen LogP contribution < -0.4 is 5.32 Å². The van der Waals surface area contributed by atoms with Crippen LogP contribution in [0.15, 0.2) is 36.4 Å². The van der Waals surface area contributed by atoms with Crippen LogP contribution in [0.25, 0.3) is 6.08 Å². The highest BCUT2D eigenvalue weighted by molar-refractivity contribution is 8.02. The fraction of sp³-hybridized carbons (Fsp3) is 0.400. The van der Waals surface area contributed by atoms with Crippen LogP contribution >= 0.6 is 11.8 Å². The average molecular weight is 488 g/mol. The second-order valence-corrected chi connectivity index (χ2v) is 10.2. The summed E-state index contributed by atoms with van der Waals surface area (Å²) in [4.78, 5) is 28.9. The van der Waals surface area contributed by atoms with E-state index in [-0.39, 0.29) is 35.8 Å². The highest BCUT2D eigenvalue weighted by Gasteiger charge is 2.30. The van der Waals surface area contributed by atoms with Gasteiger partial charge in [0.1, 0.15) is 22.0 Å². The number of phenols is 1. The molecular weight excluding hydrogens is 454 g/mol. The van der Waals surface area contributed by atoms with E-state index in [2.05, 4.69) is 10.3 Å². The predicted molar refractivity (Wildman–Crippen MR) is 136 cm³/mol. The smallest absolute Gasteiger partial charge is 0.319 e. The third kappa shape index (κ3) is 6.98. The topological polar surface area (TPSA) is 125 Å². The molecule has 1 atom stereocenters. The Hall–Kier alpha value is -3.04. The molecule has 0 aliphatic rings. The largest absolute Gasteiger partial charge is 0.508 e. The summed E-state index contributed by atoms with van der Waals surface area (Å²) in [7, 11) is 0. The number of nitrogens with one attached hydrogen (secondary N) is 1. The van der Waals surface area contributed by atoms with Crippen molar-refractivity contribution in [1.82, 2.24) is 9.55 Å². The van der Waals surface area contributed by atoms with Crippen molar-refractivity contribution in [2.75, 3.05) is 11.9 Å². The van der Waals surface area contributed by atoms with Gasteiger partial charge >= 0.3 is 5.97 Å². The third-order valence-electron chi connectivity index (χ3n) is 5.25. The Bertz CT molecular complexity index is 1090. The summed E-state index contributed by atoms with van der Waals surface area (Å²) in [5.41, 5.74) is 2.15. The van der Waals surface area contributed by atoms with Gasteiger partial charge in [-0.3, -0.25) is 9.59 Å². The Morgan fingerprint density at radius 3 is 2.59 bits per heavy atom. The molecule has 0 fully saturated rings. The fourth-order valence-corrected chi connectivity index (χ4v) is 4.67. The number of aromatic nitrogens is 2. The molecular formula is C25H33N3O5S. The molecule has 1 unspecified atom stereocenters. The number of thioether (sulfide) groups is 1. The van der Waals surface area contributed by atoms with Crippen molar-refractivity contribution in [3.8, 4) is 5.75 Å². The van der Waals surface area contributed by atoms with Crippen molar-refractivity contribution in [2.24, 2.45) is 0 Å². The van der Waals surface area contributed by atoms with Crippen molar-refractivity contribution >= 4 is 35.4 Å². The molecule has 0 aliphatic heterocycles. The molecule has 0 saturated carbocycles. The molecule has 1 heterocycles. The van der Waals surface area contributed by atoms with E-state index in [0.717, 1.165) is 5.56 Å². The molecule has 9 heteroatoms. The molecule has 2 rings (SSSR count). The van der Waals surface area contributed by atoms with Crippen LogP contribution in [-0.2, 0) is 11.3 Å². The quantitative estimate of drug-likeness (QED) is 0.274. The van der Waals surface area contributed by atoms with Gasteiger partial charge in [-0.1, -0.05) is 18.2 Å². The van der Waals surface area contributed by atoms with E-state index >= 15 is 0 Å². The van der Waals surface area contributed by atoms with E-state index in [9.17, 15) is 24.9 Å². The maximum atomic E-state index is 12.9. The number of aromatic hydroxyl groups is 1. The molecule has 0 saturated heterocycles. The minimum absolute atomic E-state index is 0.0464. The van der Waals surface area contributed by atoms with E-state index in [1.165, 1.54) is 17.8 Å². The first-order valence-electron chi connectivity index (χ1n) is 11.0. The fourth-order valence-electron chi connectivity index (χ4n) is 3.37. The number of aryl methyl sites for hydroxylation is 1. The first-order valence-corrected chi connectivity index (χ1v) is 11.9. The number of carboxylic acid groups (broad SMARTS) is 1. The number of allylic oxidation sites excluding steroid dienone is 2. The van der Waals surface area contributed by atoms with Gasteiger partial charge in [0.15, 0.2) is 0 Å². The van der Waals surface area contributed by atoms with E-state index in [1.807, 2.05) is 25.2 Å². The molecule has 0 aliphatic carbocycles. The van der Waals surface area contributed by atoms with Crippen molar-refractivity contribution in [1.29, 1.82) is 0 Å². The monoisotopic (exact) mass is 487 g/mol. The normalized spacial score (nSPS) is 13.0. The lowest BCUT2D eigenvalue weighted by Gasteiger charge is -2.23. The number of aliphatic hydroxyl groups excluding tert-OH is 1. The molecule has 1 aromatic carbocycles. The number of imidazole rings is 1. The van der Waals surface area contributed by atoms with Crippen molar-refractivity contribution < 1.29 is 24.9 Å². The number of aliphatic carboxylic acids is 1. The summed E-state index contributed by atoms with van der Waals surface area (Å²) in [5.74, 6) is -0.610. The second-order valence-electron chi connectivity index (χ2n) is 8.37. The second kappa shape index (κ2) is 11.9. The minimum atomic E-state index is -0.929. The molecule has 4 N–H and O–H groups in total. The van der Waals surface area contributed by atoms with Gasteiger partial charge in [-0.25, -0.2) is 4.98 Å². The Labute approximate surface area is 204 Å². The van der Waals surface area contributed by atoms with Crippen molar-refractivity contribution in [3.63, 3.8) is 0 Å². The van der Waals surface area contributed by atoms with Crippen LogP contribution in [0.4, 0.5) is 5.69 Å². The lowest BCUT2D eigenvalue weighted by Crippen LogP contribution is -2.29. The van der Waals surface area contributed by atoms with Crippen molar-refractivity contribution in [3.05, 3.63) is 59.2 Å². The molecule has 1 amide bonds. The lowest BCUT2D eigenvalue weighted by atomic mass is 10.2. The third-order valence-corrected chi connectivity index (χ3v) is 6.67. The summed E-state index contributed by atoms with van der Waals surface area (Å²) in [6.45, 7) is 8.97. The van der Waals surface area contributed by atoms with Gasteiger partial charge in [-0.05, 0) is 70.9 Å². The molecule has 0 bridgehead atoms. The standard InChI is InChI=1S/C25H33N3O5S/c1-6-8-19(34-25(4,5)24(32)33)9-7-10-21-27-22(17(3)28(21)13-14-29)23(31)26-20-12-11-18(30)15-16(20)2/h6-8,10-12,15,19,29-30H,9,13-14H2,1-5H3,(H,26,31)(H,32,33)/b8-6-,10-7+. The molecule has 184 valence electrons. The Morgan fingerprint density at radius 2 is 2.00 bits per heavy atom. The van der Waals surface area contributed by atoms with Crippen LogP contribution in [0.5, 0.6) is 5.75 Å². The van der Waals surface area contributed by atoms with Gasteiger partial charge in [0, 0.05) is 23.2 Å². The average Bonchev–Trinajstić information content (AvgIpc) is 3.06. The number of amides is 1. The van der Waals surface area contributed by atoms with Crippen LogP contribution in [0, 0.1) is 13.8 Å². The van der Waals surface area contributed by atoms with Gasteiger partial charge in [0.05, 0.1) is 6.61 Å². The number of aliphatic hydroxyl groups is 1. The zero-order valence-corrected chi connectivity index (χ0v) is 21.0. The molecule has 0 radical (unpaired) electrons. The maximum absolute atomic E-state index is 12.9. The summed E-state index contributed by atoms with van der Waals surface area (Å²) < 4.78 is 0.843. The van der Waals surface area contributed by atoms with Crippen LogP contribution in [0.3, 0.4) is 0 Å². The number of carbonyl (C=O) groups excluding carboxylic acids is 1. The first kappa shape index (κ1) is 27.2. The van der Waals surface area contributed by atoms with Gasteiger partial charge in [0.25, 0.3) is 5.91 Å². The summed E-state index contributed by atoms with van der Waals surface area (Å²) in [5, 5.41) is 31.3. The number of carbonyl (C=O) groups is 2. The Morgan fingerprint density at radius 1 is 1.29 bits per heavy atom. The zero-order valence-electron chi connectivity index (χ0n) is 20.2. The molecule has 8 nitrogen and oxygen atoms in total. The first-order chi connectivity index (χ1) is 16.0. The Kier molecular flexibility index (Phi) is 9.52. The summed E-state index contributed by atoms with van der Waals surface area (Å²) in [6.07, 6.45) is 8.12.